The Morgan fingerprint density at radius 1 is 1.21 bits per heavy atom. The smallest absolute Gasteiger partial charge is 0.275 e. The first-order valence-corrected chi connectivity index (χ1v) is 9.69. The van der Waals surface area contributed by atoms with Gasteiger partial charge >= 0.3 is 0 Å². The number of benzene rings is 1. The zero-order valence-corrected chi connectivity index (χ0v) is 17.1. The molecule has 1 amide bonds. The van der Waals surface area contributed by atoms with Gasteiger partial charge in [-0.3, -0.25) is 9.48 Å². The summed E-state index contributed by atoms with van der Waals surface area (Å²) in [5.41, 5.74) is 1.98. The number of ether oxygens (including phenoxy) is 1. The molecule has 1 aliphatic heterocycles. The van der Waals surface area contributed by atoms with Gasteiger partial charge in [-0.15, -0.1) is 0 Å². The molecule has 0 unspecified atom stereocenters. The molecule has 0 spiro atoms. The Hall–Kier alpha value is -3.00. The summed E-state index contributed by atoms with van der Waals surface area (Å²) in [4.78, 5) is 19.5. The first-order chi connectivity index (χ1) is 13.8. The van der Waals surface area contributed by atoms with Gasteiger partial charge in [0.2, 0.25) is 0 Å². The maximum atomic E-state index is 13.3. The number of morpholine rings is 1. The highest BCUT2D eigenvalue weighted by atomic mass is 16.5. The van der Waals surface area contributed by atoms with Gasteiger partial charge in [0.1, 0.15) is 6.04 Å². The molecule has 1 atom stereocenters. The number of carbonyl (C=O) groups is 1. The zero-order chi connectivity index (χ0) is 20.6. The average Bonchev–Trinajstić information content (AvgIpc) is 3.35. The molecule has 1 fully saturated rings. The minimum absolute atomic E-state index is 0.157. The molecule has 4 rings (SSSR count). The Bertz CT molecular complexity index is 1000. The third-order valence-corrected chi connectivity index (χ3v) is 4.89. The van der Waals surface area contributed by atoms with E-state index in [1.807, 2.05) is 48.0 Å². The molecular weight excluding hydrogens is 370 g/mol. The van der Waals surface area contributed by atoms with Gasteiger partial charge in [-0.1, -0.05) is 23.4 Å². The van der Waals surface area contributed by atoms with Gasteiger partial charge in [-0.25, -0.2) is 0 Å². The van der Waals surface area contributed by atoms with Gasteiger partial charge in [0, 0.05) is 17.8 Å². The van der Waals surface area contributed by atoms with E-state index in [1.165, 1.54) is 0 Å². The first-order valence-electron chi connectivity index (χ1n) is 9.69. The van der Waals surface area contributed by atoms with Crippen LogP contribution in [0.1, 0.15) is 48.8 Å². The molecule has 0 saturated carbocycles. The van der Waals surface area contributed by atoms with Crippen molar-refractivity contribution in [3.05, 3.63) is 53.6 Å². The third-order valence-electron chi connectivity index (χ3n) is 4.89. The highest BCUT2D eigenvalue weighted by Gasteiger charge is 2.34. The maximum Gasteiger partial charge on any atom is 0.275 e. The van der Waals surface area contributed by atoms with Crippen LogP contribution in [0.25, 0.3) is 11.5 Å². The minimum Gasteiger partial charge on any atom is -0.377 e. The number of nitrogens with zero attached hydrogens (tertiary/aromatic N) is 5. The largest absolute Gasteiger partial charge is 0.377 e. The predicted octanol–water partition coefficient (Wildman–Crippen LogP) is 3.21. The number of amides is 1. The lowest BCUT2D eigenvalue weighted by atomic mass is 10.1. The van der Waals surface area contributed by atoms with Gasteiger partial charge < -0.3 is 14.2 Å². The van der Waals surface area contributed by atoms with Gasteiger partial charge in [-0.2, -0.15) is 10.1 Å². The average molecular weight is 395 g/mol. The molecule has 0 aliphatic carbocycles. The quantitative estimate of drug-likeness (QED) is 0.677. The third kappa shape index (κ3) is 3.80. The van der Waals surface area contributed by atoms with Crippen LogP contribution in [0.4, 0.5) is 0 Å². The van der Waals surface area contributed by atoms with E-state index >= 15 is 0 Å². The molecule has 1 aromatic carbocycles. The van der Waals surface area contributed by atoms with Crippen molar-refractivity contribution in [3.63, 3.8) is 0 Å². The summed E-state index contributed by atoms with van der Waals surface area (Å²) >= 11 is 0. The standard InChI is InChI=1S/C21H25N5O3/c1-14-12-16(23-26(14)21(2,3)4)20(27)25-10-11-28-13-17(25)18-22-19(29-24-18)15-8-6-5-7-9-15/h5-9,12,17H,10-11,13H2,1-4H3/t17-/m0/s1. The fourth-order valence-corrected chi connectivity index (χ4v) is 3.53. The van der Waals surface area contributed by atoms with Crippen LogP contribution in [0.3, 0.4) is 0 Å². The molecule has 3 aromatic rings. The van der Waals surface area contributed by atoms with Crippen molar-refractivity contribution in [2.24, 2.45) is 0 Å². The van der Waals surface area contributed by atoms with Crippen molar-refractivity contribution >= 4 is 5.91 Å². The van der Waals surface area contributed by atoms with E-state index in [2.05, 4.69) is 36.0 Å². The number of aryl methyl sites for hydroxylation is 1. The van der Waals surface area contributed by atoms with Gasteiger partial charge in [-0.05, 0) is 45.9 Å². The van der Waals surface area contributed by atoms with Crippen molar-refractivity contribution in [1.82, 2.24) is 24.8 Å². The Morgan fingerprint density at radius 2 is 1.97 bits per heavy atom. The van der Waals surface area contributed by atoms with Crippen LogP contribution in [0.15, 0.2) is 40.9 Å². The molecule has 2 aromatic heterocycles. The monoisotopic (exact) mass is 395 g/mol. The highest BCUT2D eigenvalue weighted by Crippen LogP contribution is 2.27. The number of carbonyl (C=O) groups excluding carboxylic acids is 1. The van der Waals surface area contributed by atoms with E-state index in [9.17, 15) is 4.79 Å². The van der Waals surface area contributed by atoms with Crippen LogP contribution in [0.2, 0.25) is 0 Å². The van der Waals surface area contributed by atoms with E-state index in [0.717, 1.165) is 11.3 Å². The number of hydrogen-bond donors (Lipinski definition) is 0. The molecule has 0 N–H and O–H groups in total. The first kappa shape index (κ1) is 19.3. The van der Waals surface area contributed by atoms with Crippen molar-refractivity contribution in [2.75, 3.05) is 19.8 Å². The SMILES string of the molecule is Cc1cc(C(=O)N2CCOC[C@H]2c2noc(-c3ccccc3)n2)nn1C(C)(C)C. The number of aromatic nitrogens is 4. The predicted molar refractivity (Wildman–Crippen MR) is 106 cm³/mol. The van der Waals surface area contributed by atoms with Crippen molar-refractivity contribution in [2.45, 2.75) is 39.3 Å². The normalized spacial score (nSPS) is 17.5. The molecule has 0 radical (unpaired) electrons. The Labute approximate surface area is 169 Å². The van der Waals surface area contributed by atoms with E-state index in [-0.39, 0.29) is 11.4 Å². The summed E-state index contributed by atoms with van der Waals surface area (Å²) in [5.74, 6) is 0.700. The summed E-state index contributed by atoms with van der Waals surface area (Å²) in [6.45, 7) is 9.36. The fraction of sp³-hybridized carbons (Fsp3) is 0.429. The van der Waals surface area contributed by atoms with Crippen LogP contribution in [0.5, 0.6) is 0 Å². The van der Waals surface area contributed by atoms with Crippen molar-refractivity contribution < 1.29 is 14.1 Å². The molecule has 8 heteroatoms. The summed E-state index contributed by atoms with van der Waals surface area (Å²) in [6.07, 6.45) is 0. The summed E-state index contributed by atoms with van der Waals surface area (Å²) < 4.78 is 12.9. The number of hydrogen-bond acceptors (Lipinski definition) is 6. The van der Waals surface area contributed by atoms with E-state index in [4.69, 9.17) is 9.26 Å². The zero-order valence-electron chi connectivity index (χ0n) is 17.1. The van der Waals surface area contributed by atoms with Crippen molar-refractivity contribution in [3.8, 4) is 11.5 Å². The van der Waals surface area contributed by atoms with Crippen LogP contribution < -0.4 is 0 Å². The summed E-state index contributed by atoms with van der Waals surface area (Å²) in [7, 11) is 0. The van der Waals surface area contributed by atoms with Gasteiger partial charge in [0.15, 0.2) is 11.5 Å². The molecule has 0 bridgehead atoms. The van der Waals surface area contributed by atoms with Crippen LogP contribution in [0, 0.1) is 6.92 Å². The molecule has 3 heterocycles. The van der Waals surface area contributed by atoms with Crippen molar-refractivity contribution in [1.29, 1.82) is 0 Å². The molecule has 1 saturated heterocycles. The number of rotatable bonds is 3. The van der Waals surface area contributed by atoms with Gasteiger partial charge in [0.25, 0.3) is 11.8 Å². The maximum absolute atomic E-state index is 13.3. The molecule has 29 heavy (non-hydrogen) atoms. The summed E-state index contributed by atoms with van der Waals surface area (Å²) in [5, 5.41) is 8.68. The Morgan fingerprint density at radius 3 is 2.66 bits per heavy atom. The lowest BCUT2D eigenvalue weighted by Crippen LogP contribution is -2.44. The minimum atomic E-state index is -0.419. The second-order valence-electron chi connectivity index (χ2n) is 8.17. The Kier molecular flexibility index (Phi) is 4.96. The highest BCUT2D eigenvalue weighted by molar-refractivity contribution is 5.92. The lowest BCUT2D eigenvalue weighted by molar-refractivity contribution is -0.00614. The summed E-state index contributed by atoms with van der Waals surface area (Å²) in [6, 6.07) is 11.0. The second kappa shape index (κ2) is 7.44. The van der Waals surface area contributed by atoms with Gasteiger partial charge in [0.05, 0.1) is 18.8 Å². The second-order valence-corrected chi connectivity index (χ2v) is 8.17. The van der Waals surface area contributed by atoms with Crippen LogP contribution >= 0.6 is 0 Å². The molecular formula is C21H25N5O3. The fourth-order valence-electron chi connectivity index (χ4n) is 3.53. The Balaban J connectivity index is 1.62. The molecule has 1 aliphatic rings. The van der Waals surface area contributed by atoms with E-state index < -0.39 is 6.04 Å². The van der Waals surface area contributed by atoms with E-state index in [0.29, 0.717) is 37.2 Å². The molecule has 152 valence electrons. The van der Waals surface area contributed by atoms with E-state index in [1.54, 1.807) is 4.90 Å². The van der Waals surface area contributed by atoms with Crippen LogP contribution in [-0.4, -0.2) is 50.5 Å². The van der Waals surface area contributed by atoms with Crippen LogP contribution in [-0.2, 0) is 10.3 Å². The lowest BCUT2D eigenvalue weighted by Gasteiger charge is -2.33. The molecule has 8 nitrogen and oxygen atoms in total. The topological polar surface area (TPSA) is 86.3 Å².